The molecule has 0 aliphatic carbocycles. The lowest BCUT2D eigenvalue weighted by Gasteiger charge is -2.34. The van der Waals surface area contributed by atoms with E-state index in [4.69, 9.17) is 14.5 Å². The second-order valence-electron chi connectivity index (χ2n) is 11.4. The van der Waals surface area contributed by atoms with E-state index in [-0.39, 0.29) is 35.7 Å². The summed E-state index contributed by atoms with van der Waals surface area (Å²) in [6, 6.07) is 7.35. The van der Waals surface area contributed by atoms with Gasteiger partial charge in [0.2, 0.25) is 0 Å². The van der Waals surface area contributed by atoms with Crippen LogP contribution in [0.15, 0.2) is 30.3 Å². The fourth-order valence-corrected chi connectivity index (χ4v) is 6.80. The minimum Gasteiger partial charge on any atom is -0.493 e. The SMILES string of the molecule is CC(C)COc1cc(F)cc(-c2ccc(C(=O)NS(=O)(=O)N3CC4CC3CO4)c(N3CCCC3(C)C)n2)c1. The summed E-state index contributed by atoms with van der Waals surface area (Å²) in [5.41, 5.74) is 0.832. The smallest absolute Gasteiger partial charge is 0.304 e. The maximum Gasteiger partial charge on any atom is 0.304 e. The van der Waals surface area contributed by atoms with E-state index >= 15 is 0 Å². The molecular weight excluding hydrogens is 511 g/mol. The molecule has 2 aromatic rings. The minimum absolute atomic E-state index is 0.130. The van der Waals surface area contributed by atoms with Crippen molar-refractivity contribution >= 4 is 21.9 Å². The number of amides is 1. The number of nitrogens with zero attached hydrogens (tertiary/aromatic N) is 3. The predicted molar refractivity (Wildman–Crippen MR) is 142 cm³/mol. The number of hydrogen-bond acceptors (Lipinski definition) is 7. The lowest BCUT2D eigenvalue weighted by atomic mass is 10.0. The van der Waals surface area contributed by atoms with Crippen molar-refractivity contribution < 1.29 is 27.1 Å². The van der Waals surface area contributed by atoms with Gasteiger partial charge >= 0.3 is 10.2 Å². The van der Waals surface area contributed by atoms with Gasteiger partial charge < -0.3 is 14.4 Å². The van der Waals surface area contributed by atoms with Gasteiger partial charge in [-0.1, -0.05) is 13.8 Å². The first-order chi connectivity index (χ1) is 17.9. The number of nitrogens with one attached hydrogen (secondary N) is 1. The summed E-state index contributed by atoms with van der Waals surface area (Å²) < 4.78 is 55.5. The number of anilines is 1. The van der Waals surface area contributed by atoms with Crippen LogP contribution >= 0.6 is 0 Å². The highest BCUT2D eigenvalue weighted by molar-refractivity contribution is 7.87. The third kappa shape index (κ3) is 5.37. The molecule has 3 aliphatic heterocycles. The summed E-state index contributed by atoms with van der Waals surface area (Å²) in [4.78, 5) is 20.2. The van der Waals surface area contributed by atoms with Crippen molar-refractivity contribution in [3.05, 3.63) is 41.7 Å². The Hall–Kier alpha value is -2.76. The van der Waals surface area contributed by atoms with E-state index in [1.54, 1.807) is 18.2 Å². The zero-order valence-corrected chi connectivity index (χ0v) is 23.1. The summed E-state index contributed by atoms with van der Waals surface area (Å²) in [7, 11) is -4.05. The van der Waals surface area contributed by atoms with Crippen molar-refractivity contribution in [3.8, 4) is 17.0 Å². The van der Waals surface area contributed by atoms with Crippen LogP contribution in [0.3, 0.4) is 0 Å². The van der Waals surface area contributed by atoms with Crippen LogP contribution in [0.1, 0.15) is 57.3 Å². The molecule has 1 aromatic carbocycles. The fraction of sp³-hybridized carbons (Fsp3) is 0.556. The molecule has 0 spiro atoms. The molecule has 0 radical (unpaired) electrons. The average molecular weight is 547 g/mol. The molecule has 3 fully saturated rings. The van der Waals surface area contributed by atoms with E-state index < -0.39 is 21.9 Å². The molecule has 11 heteroatoms. The van der Waals surface area contributed by atoms with E-state index in [0.717, 1.165) is 12.8 Å². The van der Waals surface area contributed by atoms with Gasteiger partial charge in [0.1, 0.15) is 17.4 Å². The number of hydrogen-bond donors (Lipinski definition) is 1. The molecule has 3 aliphatic rings. The lowest BCUT2D eigenvalue weighted by molar-refractivity contribution is 0.0601. The summed E-state index contributed by atoms with van der Waals surface area (Å²) >= 11 is 0. The highest BCUT2D eigenvalue weighted by Crippen LogP contribution is 2.37. The second kappa shape index (κ2) is 10.1. The molecule has 3 saturated heterocycles. The van der Waals surface area contributed by atoms with Gasteiger partial charge in [-0.3, -0.25) is 4.79 Å². The Morgan fingerprint density at radius 3 is 2.71 bits per heavy atom. The molecule has 2 atom stereocenters. The van der Waals surface area contributed by atoms with Crippen molar-refractivity contribution in [1.82, 2.24) is 14.0 Å². The number of carbonyl (C=O) groups is 1. The highest BCUT2D eigenvalue weighted by atomic mass is 32.2. The molecule has 4 heterocycles. The topological polar surface area (TPSA) is 101 Å². The maximum atomic E-state index is 14.5. The first kappa shape index (κ1) is 26.8. The number of carbonyl (C=O) groups excluding carboxylic acids is 1. The van der Waals surface area contributed by atoms with E-state index in [0.29, 0.717) is 49.0 Å². The normalized spacial score (nSPS) is 22.8. The number of pyridine rings is 1. The van der Waals surface area contributed by atoms with Crippen molar-refractivity contribution in [2.75, 3.05) is 31.2 Å². The van der Waals surface area contributed by atoms with Gasteiger partial charge in [-0.25, -0.2) is 14.1 Å². The maximum absolute atomic E-state index is 14.5. The van der Waals surface area contributed by atoms with Gasteiger partial charge in [-0.2, -0.15) is 12.7 Å². The monoisotopic (exact) mass is 546 g/mol. The molecule has 2 unspecified atom stereocenters. The summed E-state index contributed by atoms with van der Waals surface area (Å²) in [6.07, 6.45) is 2.30. The van der Waals surface area contributed by atoms with Crippen molar-refractivity contribution in [2.45, 2.75) is 64.6 Å². The quantitative estimate of drug-likeness (QED) is 0.538. The molecule has 9 nitrogen and oxygen atoms in total. The standard InChI is InChI=1S/C27H35FN4O5S/c1-17(2)15-36-21-11-18(10-19(28)12-21)24-7-6-23(25(29-24)31-9-5-8-27(31,3)4)26(33)30-38(34,35)32-14-22-13-20(32)16-37-22/h6-7,10-12,17,20,22H,5,8-9,13-16H2,1-4H3,(H,30,33). The molecule has 5 rings (SSSR count). The number of aromatic nitrogens is 1. The minimum atomic E-state index is -4.05. The zero-order valence-electron chi connectivity index (χ0n) is 22.2. The first-order valence-electron chi connectivity index (χ1n) is 13.1. The first-order valence-corrected chi connectivity index (χ1v) is 14.5. The predicted octanol–water partition coefficient (Wildman–Crippen LogP) is 3.75. The van der Waals surface area contributed by atoms with E-state index in [9.17, 15) is 17.6 Å². The Kier molecular flexibility index (Phi) is 7.12. The summed E-state index contributed by atoms with van der Waals surface area (Å²) in [5.74, 6) is -0.150. The average Bonchev–Trinajstić information content (AvgIpc) is 3.57. The molecule has 1 amide bonds. The Balaban J connectivity index is 1.49. The van der Waals surface area contributed by atoms with Gasteiger partial charge in [0.05, 0.1) is 36.6 Å². The number of fused-ring (bicyclic) bond motifs is 2. The third-order valence-corrected chi connectivity index (χ3v) is 8.92. The van der Waals surface area contributed by atoms with Crippen molar-refractivity contribution in [3.63, 3.8) is 0 Å². The van der Waals surface area contributed by atoms with E-state index in [1.165, 1.54) is 16.4 Å². The molecular formula is C27H35FN4O5S. The number of halogens is 1. The van der Waals surface area contributed by atoms with Crippen LogP contribution in [0.5, 0.6) is 5.75 Å². The van der Waals surface area contributed by atoms with Crippen LogP contribution in [0.2, 0.25) is 0 Å². The van der Waals surface area contributed by atoms with Crippen molar-refractivity contribution in [2.24, 2.45) is 5.92 Å². The molecule has 38 heavy (non-hydrogen) atoms. The molecule has 1 aromatic heterocycles. The van der Waals surface area contributed by atoms with Crippen LogP contribution in [0.4, 0.5) is 10.2 Å². The molecule has 0 saturated carbocycles. The Morgan fingerprint density at radius 2 is 2.08 bits per heavy atom. The van der Waals surface area contributed by atoms with Gasteiger partial charge in [0, 0.05) is 30.3 Å². The summed E-state index contributed by atoms with van der Waals surface area (Å²) in [5, 5.41) is 0. The number of ether oxygens (including phenoxy) is 2. The van der Waals surface area contributed by atoms with Crippen LogP contribution in [-0.2, 0) is 14.9 Å². The van der Waals surface area contributed by atoms with Crippen molar-refractivity contribution in [1.29, 1.82) is 0 Å². The Labute approximate surface area is 223 Å². The van der Waals surface area contributed by atoms with Gasteiger partial charge in [0.25, 0.3) is 5.91 Å². The number of morpholine rings is 1. The third-order valence-electron chi connectivity index (χ3n) is 7.41. The van der Waals surface area contributed by atoms with E-state index in [1.807, 2.05) is 18.7 Å². The van der Waals surface area contributed by atoms with Crippen LogP contribution in [0.25, 0.3) is 11.3 Å². The van der Waals surface area contributed by atoms with Crippen LogP contribution in [-0.4, -0.2) is 67.6 Å². The molecule has 206 valence electrons. The second-order valence-corrected chi connectivity index (χ2v) is 13.0. The van der Waals surface area contributed by atoms with E-state index in [2.05, 4.69) is 18.6 Å². The highest BCUT2D eigenvalue weighted by Gasteiger charge is 2.46. The number of benzene rings is 1. The zero-order chi connectivity index (χ0) is 27.2. The summed E-state index contributed by atoms with van der Waals surface area (Å²) in [6.45, 7) is 9.83. The largest absolute Gasteiger partial charge is 0.493 e. The van der Waals surface area contributed by atoms with Crippen LogP contribution in [0, 0.1) is 11.7 Å². The van der Waals surface area contributed by atoms with Gasteiger partial charge in [-0.15, -0.1) is 0 Å². The number of rotatable bonds is 8. The van der Waals surface area contributed by atoms with Crippen LogP contribution < -0.4 is 14.4 Å². The fourth-order valence-electron chi connectivity index (χ4n) is 5.44. The lowest BCUT2D eigenvalue weighted by Crippen LogP contribution is -2.49. The molecule has 2 bridgehead atoms. The molecule has 1 N–H and O–H groups in total. The Morgan fingerprint density at radius 1 is 1.29 bits per heavy atom. The van der Waals surface area contributed by atoms with Gasteiger partial charge in [0.15, 0.2) is 0 Å². The van der Waals surface area contributed by atoms with Gasteiger partial charge in [-0.05, 0) is 63.3 Å². The Bertz CT molecular complexity index is 1330.